The third kappa shape index (κ3) is 3.92. The van der Waals surface area contributed by atoms with Crippen molar-refractivity contribution in [1.82, 2.24) is 15.1 Å². The second-order valence-corrected chi connectivity index (χ2v) is 7.85. The van der Waals surface area contributed by atoms with E-state index in [1.165, 1.54) is 12.5 Å². The number of sulfone groups is 1. The third-order valence-electron chi connectivity index (χ3n) is 4.13. The molecule has 0 unspecified atom stereocenters. The highest BCUT2D eigenvalue weighted by molar-refractivity contribution is 7.90. The van der Waals surface area contributed by atoms with Crippen LogP contribution in [0.15, 0.2) is 41.4 Å². The fourth-order valence-electron chi connectivity index (χ4n) is 2.95. The second kappa shape index (κ2) is 6.72. The molecule has 3 rings (SSSR count). The normalized spacial score (nSPS) is 19.1. The molecule has 0 bridgehead atoms. The zero-order valence-corrected chi connectivity index (χ0v) is 13.9. The minimum Gasteiger partial charge on any atom is -0.492 e. The smallest absolute Gasteiger partial charge is 0.178 e. The van der Waals surface area contributed by atoms with Gasteiger partial charge in [-0.25, -0.2) is 8.42 Å². The van der Waals surface area contributed by atoms with Crippen LogP contribution in [0.1, 0.15) is 18.0 Å². The molecule has 2 heterocycles. The summed E-state index contributed by atoms with van der Waals surface area (Å²) in [5.74, 6) is 1.05. The van der Waals surface area contributed by atoms with Crippen LogP contribution in [0.2, 0.25) is 0 Å². The molecule has 7 heteroatoms. The van der Waals surface area contributed by atoms with Gasteiger partial charge in [-0.15, -0.1) is 0 Å². The molecule has 0 saturated carbocycles. The van der Waals surface area contributed by atoms with Crippen molar-refractivity contribution in [3.63, 3.8) is 0 Å². The van der Waals surface area contributed by atoms with E-state index >= 15 is 0 Å². The van der Waals surface area contributed by atoms with Crippen molar-refractivity contribution < 1.29 is 13.2 Å². The van der Waals surface area contributed by atoms with Gasteiger partial charge in [-0.1, -0.05) is 18.2 Å². The molecule has 1 aliphatic rings. The molecule has 2 aromatic rings. The van der Waals surface area contributed by atoms with Gasteiger partial charge in [-0.05, 0) is 25.1 Å². The third-order valence-corrected chi connectivity index (χ3v) is 5.26. The van der Waals surface area contributed by atoms with E-state index < -0.39 is 9.84 Å². The van der Waals surface area contributed by atoms with Gasteiger partial charge >= 0.3 is 0 Å². The van der Waals surface area contributed by atoms with Crippen LogP contribution in [0.25, 0.3) is 0 Å². The Kier molecular flexibility index (Phi) is 4.68. The van der Waals surface area contributed by atoms with Crippen molar-refractivity contribution in [1.29, 1.82) is 0 Å². The molecule has 0 radical (unpaired) electrons. The number of para-hydroxylation sites is 1. The molecule has 0 aliphatic carbocycles. The second-order valence-electron chi connectivity index (χ2n) is 5.87. The van der Waals surface area contributed by atoms with Crippen molar-refractivity contribution in [2.45, 2.75) is 17.2 Å². The molecule has 124 valence electrons. The summed E-state index contributed by atoms with van der Waals surface area (Å²) in [6.07, 6.45) is 3.56. The van der Waals surface area contributed by atoms with Crippen molar-refractivity contribution in [2.75, 3.05) is 32.5 Å². The Morgan fingerprint density at radius 1 is 1.35 bits per heavy atom. The van der Waals surface area contributed by atoms with Gasteiger partial charge in [0.1, 0.15) is 17.3 Å². The first-order valence-electron chi connectivity index (χ1n) is 7.67. The van der Waals surface area contributed by atoms with Crippen molar-refractivity contribution in [3.8, 4) is 5.75 Å². The lowest BCUT2D eigenvalue weighted by atomic mass is 10.1. The molecule has 1 aromatic heterocycles. The maximum Gasteiger partial charge on any atom is 0.178 e. The lowest BCUT2D eigenvalue weighted by molar-refractivity contribution is 0.236. The van der Waals surface area contributed by atoms with Gasteiger partial charge in [0.15, 0.2) is 9.84 Å². The van der Waals surface area contributed by atoms with E-state index in [1.807, 2.05) is 30.3 Å². The standard InChI is InChI=1S/C16H21N3O3S/c1-23(20,21)15-11-17-18-16(15)13-7-8-19(12-13)9-10-22-14-5-3-2-4-6-14/h2-6,11,13H,7-10,12H2,1H3,(H,17,18)/t13-/m0/s1. The first-order valence-corrected chi connectivity index (χ1v) is 9.56. The Morgan fingerprint density at radius 2 is 2.13 bits per heavy atom. The van der Waals surface area contributed by atoms with E-state index in [0.717, 1.165) is 37.5 Å². The summed E-state index contributed by atoms with van der Waals surface area (Å²) in [5, 5.41) is 6.78. The Hall–Kier alpha value is -1.86. The van der Waals surface area contributed by atoms with E-state index in [-0.39, 0.29) is 5.92 Å². The molecule has 23 heavy (non-hydrogen) atoms. The molecular weight excluding hydrogens is 314 g/mol. The average Bonchev–Trinajstić information content (AvgIpc) is 3.16. The molecule has 1 N–H and O–H groups in total. The number of hydrogen-bond donors (Lipinski definition) is 1. The van der Waals surface area contributed by atoms with Gasteiger partial charge in [0.05, 0.1) is 11.9 Å². The van der Waals surface area contributed by atoms with Crippen LogP contribution in [0.3, 0.4) is 0 Å². The van der Waals surface area contributed by atoms with Crippen LogP contribution >= 0.6 is 0 Å². The first-order chi connectivity index (χ1) is 11.0. The summed E-state index contributed by atoms with van der Waals surface area (Å²) < 4.78 is 29.3. The number of ether oxygens (including phenoxy) is 1. The van der Waals surface area contributed by atoms with Gasteiger partial charge in [0.25, 0.3) is 0 Å². The number of benzene rings is 1. The van der Waals surface area contributed by atoms with E-state index in [0.29, 0.717) is 11.5 Å². The molecule has 0 amide bonds. The van der Waals surface area contributed by atoms with Gasteiger partial charge in [0.2, 0.25) is 0 Å². The number of aromatic nitrogens is 2. The number of rotatable bonds is 6. The largest absolute Gasteiger partial charge is 0.492 e. The van der Waals surface area contributed by atoms with Crippen molar-refractivity contribution in [2.24, 2.45) is 0 Å². The minimum absolute atomic E-state index is 0.180. The summed E-state index contributed by atoms with van der Waals surface area (Å²) in [6.45, 7) is 3.21. The Bertz CT molecular complexity index is 743. The summed E-state index contributed by atoms with van der Waals surface area (Å²) in [4.78, 5) is 2.62. The number of hydrogen-bond acceptors (Lipinski definition) is 5. The van der Waals surface area contributed by atoms with Crippen molar-refractivity contribution in [3.05, 3.63) is 42.2 Å². The highest BCUT2D eigenvalue weighted by Crippen LogP contribution is 2.29. The Labute approximate surface area is 136 Å². The molecule has 1 aromatic carbocycles. The highest BCUT2D eigenvalue weighted by atomic mass is 32.2. The van der Waals surface area contributed by atoms with E-state index in [4.69, 9.17) is 4.74 Å². The first kappa shape index (κ1) is 16.0. The van der Waals surface area contributed by atoms with Gasteiger partial charge in [0, 0.05) is 25.3 Å². The topological polar surface area (TPSA) is 75.3 Å². The quantitative estimate of drug-likeness (QED) is 0.869. The predicted octanol–water partition coefficient (Wildman–Crippen LogP) is 1.68. The number of nitrogens with one attached hydrogen (secondary N) is 1. The van der Waals surface area contributed by atoms with Crippen LogP contribution in [0.4, 0.5) is 0 Å². The van der Waals surface area contributed by atoms with Crippen LogP contribution in [0.5, 0.6) is 5.75 Å². The van der Waals surface area contributed by atoms with Gasteiger partial charge in [-0.2, -0.15) is 5.10 Å². The molecule has 1 saturated heterocycles. The Balaban J connectivity index is 1.54. The van der Waals surface area contributed by atoms with Gasteiger partial charge in [-0.3, -0.25) is 10.00 Å². The molecule has 6 nitrogen and oxygen atoms in total. The van der Waals surface area contributed by atoms with Gasteiger partial charge < -0.3 is 4.74 Å². The monoisotopic (exact) mass is 335 g/mol. The number of likely N-dealkylation sites (tertiary alicyclic amines) is 1. The average molecular weight is 335 g/mol. The zero-order chi connectivity index (χ0) is 16.3. The van der Waals surface area contributed by atoms with Crippen LogP contribution in [0, 0.1) is 0 Å². The molecule has 1 aliphatic heterocycles. The van der Waals surface area contributed by atoms with E-state index in [2.05, 4.69) is 15.1 Å². The number of nitrogens with zero attached hydrogens (tertiary/aromatic N) is 2. The summed E-state index contributed by atoms with van der Waals surface area (Å²) in [5.41, 5.74) is 0.735. The van der Waals surface area contributed by atoms with E-state index in [9.17, 15) is 8.42 Å². The highest BCUT2D eigenvalue weighted by Gasteiger charge is 2.29. The summed E-state index contributed by atoms with van der Waals surface area (Å²) >= 11 is 0. The Morgan fingerprint density at radius 3 is 2.87 bits per heavy atom. The zero-order valence-electron chi connectivity index (χ0n) is 13.1. The van der Waals surface area contributed by atoms with Crippen LogP contribution < -0.4 is 4.74 Å². The van der Waals surface area contributed by atoms with E-state index in [1.54, 1.807) is 0 Å². The summed E-state index contributed by atoms with van der Waals surface area (Å²) in [6, 6.07) is 9.74. The maximum atomic E-state index is 11.8. The van der Waals surface area contributed by atoms with Crippen LogP contribution in [-0.4, -0.2) is 56.0 Å². The lowest BCUT2D eigenvalue weighted by Crippen LogP contribution is -2.26. The molecule has 1 atom stereocenters. The minimum atomic E-state index is -3.23. The fourth-order valence-corrected chi connectivity index (χ4v) is 3.81. The molecule has 0 spiro atoms. The molecular formula is C16H21N3O3S. The predicted molar refractivity (Wildman–Crippen MR) is 87.4 cm³/mol. The number of H-pyrrole nitrogens is 1. The summed E-state index contributed by atoms with van der Waals surface area (Å²) in [7, 11) is -3.23. The maximum absolute atomic E-state index is 11.8. The SMILES string of the molecule is CS(=O)(=O)c1cn[nH]c1[C@H]1CCN(CCOc2ccccc2)C1. The molecule has 1 fully saturated rings. The fraction of sp³-hybridized carbons (Fsp3) is 0.438. The number of aromatic amines is 1. The lowest BCUT2D eigenvalue weighted by Gasteiger charge is -2.16. The van der Waals surface area contributed by atoms with Crippen molar-refractivity contribution >= 4 is 9.84 Å². The van der Waals surface area contributed by atoms with Crippen LogP contribution in [-0.2, 0) is 9.84 Å².